The molecule has 0 atom stereocenters. The Morgan fingerprint density at radius 2 is 1.82 bits per heavy atom. The summed E-state index contributed by atoms with van der Waals surface area (Å²) in [6.07, 6.45) is 5.30. The first-order chi connectivity index (χ1) is 16.5. The molecule has 0 radical (unpaired) electrons. The Labute approximate surface area is 195 Å². The summed E-state index contributed by atoms with van der Waals surface area (Å²) < 4.78 is 1.62. The van der Waals surface area contributed by atoms with E-state index in [0.29, 0.717) is 22.6 Å². The van der Waals surface area contributed by atoms with Gasteiger partial charge in [-0.15, -0.1) is 0 Å². The molecule has 0 spiro atoms. The highest BCUT2D eigenvalue weighted by atomic mass is 16.2. The van der Waals surface area contributed by atoms with Crippen LogP contribution in [0.1, 0.15) is 21.5 Å². The molecule has 2 heterocycles. The number of fused-ring (bicyclic) bond motifs is 1. The van der Waals surface area contributed by atoms with E-state index < -0.39 is 0 Å². The highest BCUT2D eigenvalue weighted by Gasteiger charge is 2.11. The minimum atomic E-state index is -0.233. The number of carbonyl (C=O) groups is 2. The third-order valence-electron chi connectivity index (χ3n) is 5.38. The number of aromatic amines is 1. The number of rotatable bonds is 6. The number of amides is 2. The number of hydrogen-bond donors (Lipinski definition) is 3. The van der Waals surface area contributed by atoms with Crippen LogP contribution in [0.3, 0.4) is 0 Å². The van der Waals surface area contributed by atoms with Crippen LogP contribution in [0.4, 0.5) is 11.4 Å². The minimum absolute atomic E-state index is 0.118. The van der Waals surface area contributed by atoms with E-state index in [-0.39, 0.29) is 18.2 Å². The van der Waals surface area contributed by atoms with Crippen LogP contribution in [-0.4, -0.2) is 31.8 Å². The lowest BCUT2D eigenvalue weighted by atomic mass is 10.1. The lowest BCUT2D eigenvalue weighted by Crippen LogP contribution is -2.14. The molecule has 3 N–H and O–H groups in total. The molecule has 0 unspecified atom stereocenters. The number of aromatic nitrogens is 4. The summed E-state index contributed by atoms with van der Waals surface area (Å²) in [4.78, 5) is 25.2. The fourth-order valence-electron chi connectivity index (χ4n) is 3.75. The zero-order valence-electron chi connectivity index (χ0n) is 18.4. The smallest absolute Gasteiger partial charge is 0.255 e. The lowest BCUT2D eigenvalue weighted by Gasteiger charge is -2.07. The number of hydrogen-bond acceptors (Lipinski definition) is 4. The van der Waals surface area contributed by atoms with Crippen molar-refractivity contribution in [1.29, 1.82) is 0 Å². The molecule has 2 amide bonds. The maximum absolute atomic E-state index is 12.8. The van der Waals surface area contributed by atoms with Gasteiger partial charge in [-0.3, -0.25) is 14.7 Å². The molecule has 0 bridgehead atoms. The first kappa shape index (κ1) is 21.1. The normalized spacial score (nSPS) is 10.9. The Morgan fingerprint density at radius 3 is 2.71 bits per heavy atom. The lowest BCUT2D eigenvalue weighted by molar-refractivity contribution is -0.115. The molecular weight excluding hydrogens is 428 g/mol. The second kappa shape index (κ2) is 9.03. The number of H-pyrrole nitrogens is 1. The Morgan fingerprint density at radius 1 is 0.941 bits per heavy atom. The number of nitrogens with zero attached hydrogens (tertiary/aromatic N) is 3. The monoisotopic (exact) mass is 450 g/mol. The maximum Gasteiger partial charge on any atom is 0.255 e. The van der Waals surface area contributed by atoms with Crippen LogP contribution in [0.15, 0.2) is 85.3 Å². The molecule has 34 heavy (non-hydrogen) atoms. The van der Waals surface area contributed by atoms with Crippen LogP contribution in [0, 0.1) is 6.92 Å². The first-order valence-corrected chi connectivity index (χ1v) is 10.8. The van der Waals surface area contributed by atoms with Crippen molar-refractivity contribution in [3.05, 3.63) is 102 Å². The SMILES string of the molecule is Cc1cccc(CC(=O)Nc2cnn(-c3cccc(C(=O)Nc4ccc5[nH]ncc5c4)c3)c2)c1. The third kappa shape index (κ3) is 4.71. The molecule has 168 valence electrons. The average Bonchev–Trinajstić information content (AvgIpc) is 3.48. The zero-order valence-corrected chi connectivity index (χ0v) is 18.4. The molecule has 5 rings (SSSR count). The third-order valence-corrected chi connectivity index (χ3v) is 5.38. The number of aryl methyl sites for hydroxylation is 1. The van der Waals surface area contributed by atoms with E-state index in [2.05, 4.69) is 25.9 Å². The topological polar surface area (TPSA) is 105 Å². The summed E-state index contributed by atoms with van der Waals surface area (Å²) >= 11 is 0. The molecule has 0 fully saturated rings. The van der Waals surface area contributed by atoms with Crippen molar-refractivity contribution in [2.75, 3.05) is 10.6 Å². The number of benzene rings is 3. The van der Waals surface area contributed by atoms with Crippen LogP contribution >= 0.6 is 0 Å². The van der Waals surface area contributed by atoms with E-state index in [1.165, 1.54) is 0 Å². The van der Waals surface area contributed by atoms with Crippen molar-refractivity contribution < 1.29 is 9.59 Å². The summed E-state index contributed by atoms with van der Waals surface area (Å²) in [5, 5.41) is 17.9. The average molecular weight is 451 g/mol. The second-order valence-electron chi connectivity index (χ2n) is 8.06. The molecule has 0 aliphatic carbocycles. The van der Waals surface area contributed by atoms with Gasteiger partial charge in [-0.2, -0.15) is 10.2 Å². The van der Waals surface area contributed by atoms with E-state index in [1.807, 2.05) is 55.5 Å². The Balaban J connectivity index is 1.26. The summed E-state index contributed by atoms with van der Waals surface area (Å²) in [5.41, 5.74) is 5.44. The van der Waals surface area contributed by atoms with E-state index in [0.717, 1.165) is 22.0 Å². The summed E-state index contributed by atoms with van der Waals surface area (Å²) in [6.45, 7) is 2.00. The Kier molecular flexibility index (Phi) is 5.61. The van der Waals surface area contributed by atoms with E-state index in [9.17, 15) is 9.59 Å². The molecule has 8 heteroatoms. The largest absolute Gasteiger partial charge is 0.323 e. The van der Waals surface area contributed by atoms with Crippen LogP contribution in [0.5, 0.6) is 0 Å². The second-order valence-corrected chi connectivity index (χ2v) is 8.06. The predicted molar refractivity (Wildman–Crippen MR) is 131 cm³/mol. The van der Waals surface area contributed by atoms with Gasteiger partial charge in [0.25, 0.3) is 5.91 Å². The van der Waals surface area contributed by atoms with Crippen molar-refractivity contribution in [1.82, 2.24) is 20.0 Å². The van der Waals surface area contributed by atoms with Crippen molar-refractivity contribution in [2.45, 2.75) is 13.3 Å². The molecule has 3 aromatic carbocycles. The van der Waals surface area contributed by atoms with Crippen molar-refractivity contribution in [2.24, 2.45) is 0 Å². The highest BCUT2D eigenvalue weighted by molar-refractivity contribution is 6.05. The first-order valence-electron chi connectivity index (χ1n) is 10.8. The van der Waals surface area contributed by atoms with E-state index in [1.54, 1.807) is 41.5 Å². The molecule has 0 saturated heterocycles. The minimum Gasteiger partial charge on any atom is -0.323 e. The molecule has 8 nitrogen and oxygen atoms in total. The number of nitrogens with one attached hydrogen (secondary N) is 3. The summed E-state index contributed by atoms with van der Waals surface area (Å²) in [7, 11) is 0. The maximum atomic E-state index is 12.8. The van der Waals surface area contributed by atoms with E-state index >= 15 is 0 Å². The van der Waals surface area contributed by atoms with Crippen LogP contribution in [0.2, 0.25) is 0 Å². The quantitative estimate of drug-likeness (QED) is 0.354. The molecule has 0 aliphatic heterocycles. The van der Waals surface area contributed by atoms with Gasteiger partial charge in [-0.1, -0.05) is 35.9 Å². The van der Waals surface area contributed by atoms with Gasteiger partial charge in [-0.25, -0.2) is 4.68 Å². The molecule has 0 aliphatic rings. The fraction of sp³-hybridized carbons (Fsp3) is 0.0769. The van der Waals surface area contributed by atoms with Crippen LogP contribution in [-0.2, 0) is 11.2 Å². The van der Waals surface area contributed by atoms with Crippen LogP contribution in [0.25, 0.3) is 16.6 Å². The van der Waals surface area contributed by atoms with Gasteiger partial charge in [0, 0.05) is 16.6 Å². The van der Waals surface area contributed by atoms with Gasteiger partial charge in [0.05, 0.1) is 41.9 Å². The van der Waals surface area contributed by atoms with Gasteiger partial charge in [0.15, 0.2) is 0 Å². The Bertz CT molecular complexity index is 1500. The molecule has 2 aromatic heterocycles. The van der Waals surface area contributed by atoms with Gasteiger partial charge in [0.1, 0.15) is 0 Å². The van der Waals surface area contributed by atoms with Gasteiger partial charge >= 0.3 is 0 Å². The standard InChI is InChI=1S/C26H22N6O2/c1-17-4-2-5-18(10-17)11-25(33)29-22-15-28-32(16-22)23-7-3-6-19(13-23)26(34)30-21-8-9-24-20(12-21)14-27-31-24/h2-10,12-16H,11H2,1H3,(H,27,31)(H,29,33)(H,30,34). The van der Waals surface area contributed by atoms with Crippen molar-refractivity contribution >= 4 is 34.1 Å². The molecule has 0 saturated carbocycles. The molecule has 5 aromatic rings. The van der Waals surface area contributed by atoms with Crippen molar-refractivity contribution in [3.63, 3.8) is 0 Å². The molecular formula is C26H22N6O2. The van der Waals surface area contributed by atoms with Crippen LogP contribution < -0.4 is 10.6 Å². The zero-order chi connectivity index (χ0) is 23.5. The van der Waals surface area contributed by atoms with E-state index in [4.69, 9.17) is 0 Å². The van der Waals surface area contributed by atoms with Gasteiger partial charge in [0.2, 0.25) is 5.91 Å². The predicted octanol–water partition coefficient (Wildman–Crippen LogP) is 4.49. The van der Waals surface area contributed by atoms with Crippen molar-refractivity contribution in [3.8, 4) is 5.69 Å². The number of anilines is 2. The summed E-state index contributed by atoms with van der Waals surface area (Å²) in [5.74, 6) is -0.351. The van der Waals surface area contributed by atoms with Gasteiger partial charge < -0.3 is 10.6 Å². The Hall–Kier alpha value is -4.72. The summed E-state index contributed by atoms with van der Waals surface area (Å²) in [6, 6.07) is 20.5. The van der Waals surface area contributed by atoms with Gasteiger partial charge in [-0.05, 0) is 48.9 Å². The number of carbonyl (C=O) groups excluding carboxylic acids is 2. The highest BCUT2D eigenvalue weighted by Crippen LogP contribution is 2.19. The fourth-order valence-corrected chi connectivity index (χ4v) is 3.75.